The highest BCUT2D eigenvalue weighted by molar-refractivity contribution is 9.10. The Kier molecular flexibility index (Phi) is 9.55. The van der Waals surface area contributed by atoms with Crippen LogP contribution in [0.3, 0.4) is 0 Å². The fourth-order valence-electron chi connectivity index (χ4n) is 3.89. The van der Waals surface area contributed by atoms with Gasteiger partial charge in [0.25, 0.3) is 10.0 Å². The van der Waals surface area contributed by atoms with Crippen LogP contribution in [0.5, 0.6) is 0 Å². The number of sulfonamides is 1. The van der Waals surface area contributed by atoms with Crippen molar-refractivity contribution in [3.05, 3.63) is 94.2 Å². The van der Waals surface area contributed by atoms with E-state index in [1.807, 2.05) is 39.8 Å². The van der Waals surface area contributed by atoms with Gasteiger partial charge in [-0.3, -0.25) is 13.9 Å². The van der Waals surface area contributed by atoms with Crippen molar-refractivity contribution in [2.24, 2.45) is 0 Å². The van der Waals surface area contributed by atoms with E-state index in [0.717, 1.165) is 26.0 Å². The number of aryl methyl sites for hydroxylation is 1. The molecule has 7 nitrogen and oxygen atoms in total. The summed E-state index contributed by atoms with van der Waals surface area (Å²) in [5, 5.41) is 2.87. The second-order valence-corrected chi connectivity index (χ2v) is 13.1. The Morgan fingerprint density at radius 1 is 1.00 bits per heavy atom. The summed E-state index contributed by atoms with van der Waals surface area (Å²) < 4.78 is 44.0. The van der Waals surface area contributed by atoms with Crippen LogP contribution in [0.4, 0.5) is 10.1 Å². The van der Waals surface area contributed by atoms with Crippen molar-refractivity contribution in [2.75, 3.05) is 10.8 Å². The second-order valence-electron chi connectivity index (χ2n) is 10.3. The van der Waals surface area contributed by atoms with Gasteiger partial charge in [0.2, 0.25) is 11.8 Å². The first-order chi connectivity index (χ1) is 18.2. The minimum Gasteiger partial charge on any atom is -0.350 e. The Morgan fingerprint density at radius 2 is 1.64 bits per heavy atom. The van der Waals surface area contributed by atoms with E-state index in [1.165, 1.54) is 35.2 Å². The zero-order chi connectivity index (χ0) is 29.0. The smallest absolute Gasteiger partial charge is 0.264 e. The Labute approximate surface area is 238 Å². The van der Waals surface area contributed by atoms with E-state index in [-0.39, 0.29) is 17.1 Å². The topological polar surface area (TPSA) is 86.8 Å². The van der Waals surface area contributed by atoms with E-state index in [9.17, 15) is 22.4 Å². The first-order valence-electron chi connectivity index (χ1n) is 12.4. The Morgan fingerprint density at radius 3 is 2.23 bits per heavy atom. The molecule has 2 amide bonds. The summed E-state index contributed by atoms with van der Waals surface area (Å²) in [7, 11) is -4.34. The number of para-hydroxylation sites is 1. The maximum absolute atomic E-state index is 15.0. The van der Waals surface area contributed by atoms with Gasteiger partial charge in [0, 0.05) is 16.6 Å². The molecule has 0 unspecified atom stereocenters. The number of anilines is 1. The largest absolute Gasteiger partial charge is 0.350 e. The molecular weight excluding hydrogens is 585 g/mol. The average Bonchev–Trinajstić information content (AvgIpc) is 2.85. The molecule has 0 saturated carbocycles. The van der Waals surface area contributed by atoms with Gasteiger partial charge < -0.3 is 10.2 Å². The fourth-order valence-corrected chi connectivity index (χ4v) is 5.76. The minimum absolute atomic E-state index is 0.0344. The lowest BCUT2D eigenvalue weighted by Gasteiger charge is -2.33. The van der Waals surface area contributed by atoms with Crippen LogP contribution in [-0.4, -0.2) is 43.3 Å². The van der Waals surface area contributed by atoms with Crippen LogP contribution in [0.1, 0.15) is 38.8 Å². The number of rotatable bonds is 9. The lowest BCUT2D eigenvalue weighted by Crippen LogP contribution is -2.54. The molecule has 0 aromatic heterocycles. The number of hydrogen-bond donors (Lipinski definition) is 1. The number of carbonyl (C=O) groups excluding carboxylic acids is 2. The quantitative estimate of drug-likeness (QED) is 0.347. The van der Waals surface area contributed by atoms with Crippen molar-refractivity contribution in [1.82, 2.24) is 10.2 Å². The molecule has 0 spiro atoms. The van der Waals surface area contributed by atoms with Crippen LogP contribution in [0.25, 0.3) is 0 Å². The van der Waals surface area contributed by atoms with Gasteiger partial charge in [0.15, 0.2) is 0 Å². The molecular formula is C29H33BrFN3O4S. The first kappa shape index (κ1) is 30.3. The highest BCUT2D eigenvalue weighted by Crippen LogP contribution is 2.27. The molecule has 0 fully saturated rings. The van der Waals surface area contributed by atoms with Crippen molar-refractivity contribution in [3.8, 4) is 0 Å². The summed E-state index contributed by atoms with van der Waals surface area (Å²) in [4.78, 5) is 28.2. The van der Waals surface area contributed by atoms with Crippen molar-refractivity contribution in [2.45, 2.75) is 57.6 Å². The third kappa shape index (κ3) is 7.89. The third-order valence-corrected chi connectivity index (χ3v) is 8.18. The van der Waals surface area contributed by atoms with Gasteiger partial charge in [-0.25, -0.2) is 12.8 Å². The van der Waals surface area contributed by atoms with Gasteiger partial charge in [-0.05, 0) is 76.6 Å². The van der Waals surface area contributed by atoms with E-state index in [2.05, 4.69) is 21.2 Å². The number of carbonyl (C=O) groups is 2. The molecule has 10 heteroatoms. The summed E-state index contributed by atoms with van der Waals surface area (Å²) in [5.74, 6) is -1.85. The Bertz CT molecular complexity index is 1440. The van der Waals surface area contributed by atoms with Gasteiger partial charge in [-0.2, -0.15) is 0 Å². The van der Waals surface area contributed by atoms with E-state index < -0.39 is 45.8 Å². The standard InChI is InChI=1S/C29H33BrFN3O4S/c1-20-13-15-24(16-14-20)39(37,38)34(26-12-7-6-11-25(26)31)19-27(35)33(18-22-9-8-10-23(30)17-22)21(2)28(36)32-29(3,4)5/h6-17,21H,18-19H2,1-5H3,(H,32,36)/t21-/m1/s1. The van der Waals surface area contributed by atoms with Crippen molar-refractivity contribution >= 4 is 43.5 Å². The van der Waals surface area contributed by atoms with Crippen LogP contribution < -0.4 is 9.62 Å². The Balaban J connectivity index is 2.05. The molecule has 3 rings (SSSR count). The molecule has 0 radical (unpaired) electrons. The summed E-state index contributed by atoms with van der Waals surface area (Å²) in [6.45, 7) is 8.20. The molecule has 0 aliphatic rings. The highest BCUT2D eigenvalue weighted by atomic mass is 79.9. The average molecular weight is 619 g/mol. The van der Waals surface area contributed by atoms with Gasteiger partial charge in [-0.1, -0.05) is 57.9 Å². The number of benzene rings is 3. The highest BCUT2D eigenvalue weighted by Gasteiger charge is 2.34. The zero-order valence-electron chi connectivity index (χ0n) is 22.6. The molecule has 3 aromatic rings. The van der Waals surface area contributed by atoms with Crippen LogP contribution in [0, 0.1) is 12.7 Å². The van der Waals surface area contributed by atoms with Crippen molar-refractivity contribution in [3.63, 3.8) is 0 Å². The summed E-state index contributed by atoms with van der Waals surface area (Å²) in [5.41, 5.74) is 0.762. The normalized spacial score (nSPS) is 12.5. The number of nitrogens with zero attached hydrogens (tertiary/aromatic N) is 2. The maximum Gasteiger partial charge on any atom is 0.264 e. The molecule has 1 atom stereocenters. The fraction of sp³-hybridized carbons (Fsp3) is 0.310. The van der Waals surface area contributed by atoms with Crippen LogP contribution in [0.15, 0.2) is 82.2 Å². The van der Waals surface area contributed by atoms with E-state index >= 15 is 0 Å². The predicted octanol–water partition coefficient (Wildman–Crippen LogP) is 5.42. The molecule has 0 bridgehead atoms. The lowest BCUT2D eigenvalue weighted by molar-refractivity contribution is -0.140. The molecule has 208 valence electrons. The maximum atomic E-state index is 15.0. The summed E-state index contributed by atoms with van der Waals surface area (Å²) >= 11 is 3.42. The van der Waals surface area contributed by atoms with E-state index in [1.54, 1.807) is 31.2 Å². The monoisotopic (exact) mass is 617 g/mol. The SMILES string of the molecule is Cc1ccc(S(=O)(=O)N(CC(=O)N(Cc2cccc(Br)c2)[C@H](C)C(=O)NC(C)(C)C)c2ccccc2F)cc1. The molecule has 39 heavy (non-hydrogen) atoms. The molecule has 0 heterocycles. The van der Waals surface area contributed by atoms with Gasteiger partial charge >= 0.3 is 0 Å². The van der Waals surface area contributed by atoms with Gasteiger partial charge in [0.1, 0.15) is 18.4 Å². The Hall–Kier alpha value is -3.24. The number of halogens is 2. The molecule has 1 N–H and O–H groups in total. The summed E-state index contributed by atoms with van der Waals surface area (Å²) in [6.07, 6.45) is 0. The molecule has 0 aliphatic heterocycles. The first-order valence-corrected chi connectivity index (χ1v) is 14.6. The van der Waals surface area contributed by atoms with Crippen molar-refractivity contribution < 1.29 is 22.4 Å². The van der Waals surface area contributed by atoms with E-state index in [0.29, 0.717) is 0 Å². The molecule has 0 saturated heterocycles. The van der Waals surface area contributed by atoms with Crippen LogP contribution >= 0.6 is 15.9 Å². The summed E-state index contributed by atoms with van der Waals surface area (Å²) in [6, 6.07) is 17.8. The zero-order valence-corrected chi connectivity index (χ0v) is 25.0. The third-order valence-electron chi connectivity index (χ3n) is 5.92. The second kappa shape index (κ2) is 12.3. The molecule has 3 aromatic carbocycles. The lowest BCUT2D eigenvalue weighted by atomic mass is 10.1. The number of amides is 2. The van der Waals surface area contributed by atoms with Gasteiger partial charge in [0.05, 0.1) is 10.6 Å². The van der Waals surface area contributed by atoms with Crippen LogP contribution in [0.2, 0.25) is 0 Å². The van der Waals surface area contributed by atoms with Crippen molar-refractivity contribution in [1.29, 1.82) is 0 Å². The molecule has 0 aliphatic carbocycles. The van der Waals surface area contributed by atoms with Crippen LogP contribution in [-0.2, 0) is 26.2 Å². The number of hydrogen-bond acceptors (Lipinski definition) is 4. The van der Waals surface area contributed by atoms with E-state index in [4.69, 9.17) is 0 Å². The predicted molar refractivity (Wildman–Crippen MR) is 154 cm³/mol. The number of nitrogens with one attached hydrogen (secondary N) is 1. The minimum atomic E-state index is -4.34. The van der Waals surface area contributed by atoms with Gasteiger partial charge in [-0.15, -0.1) is 0 Å².